The van der Waals surface area contributed by atoms with E-state index in [2.05, 4.69) is 4.99 Å². The first kappa shape index (κ1) is 21.5. The predicted molar refractivity (Wildman–Crippen MR) is 105 cm³/mol. The topological polar surface area (TPSA) is 116 Å². The smallest absolute Gasteiger partial charge is 0.270 e. The van der Waals surface area contributed by atoms with E-state index < -0.39 is 14.9 Å². The van der Waals surface area contributed by atoms with Crippen LogP contribution in [0.25, 0.3) is 0 Å². The normalized spacial score (nSPS) is 13.1. The summed E-state index contributed by atoms with van der Waals surface area (Å²) in [5, 5.41) is 22.7. The number of nitro benzene ring substituents is 1. The Morgan fingerprint density at radius 3 is 2.29 bits per heavy atom. The van der Waals surface area contributed by atoms with Crippen LogP contribution in [-0.2, 0) is 10.0 Å². The summed E-state index contributed by atoms with van der Waals surface area (Å²) < 4.78 is 26.4. The lowest BCUT2D eigenvalue weighted by Crippen LogP contribution is -2.30. The average Bonchev–Trinajstić information content (AvgIpc) is 2.67. The van der Waals surface area contributed by atoms with Crippen LogP contribution < -0.4 is 5.11 Å². The van der Waals surface area contributed by atoms with Gasteiger partial charge < -0.3 is 5.11 Å². The van der Waals surface area contributed by atoms with Gasteiger partial charge in [-0.15, -0.1) is 0 Å². The van der Waals surface area contributed by atoms with Gasteiger partial charge in [0.2, 0.25) is 10.0 Å². The van der Waals surface area contributed by atoms with Gasteiger partial charge in [0.15, 0.2) is 0 Å². The van der Waals surface area contributed by atoms with E-state index in [1.54, 1.807) is 32.9 Å². The molecule has 28 heavy (non-hydrogen) atoms. The Morgan fingerprint density at radius 1 is 1.14 bits per heavy atom. The Hall–Kier alpha value is -2.78. The van der Waals surface area contributed by atoms with Gasteiger partial charge in [0.25, 0.3) is 5.69 Å². The minimum Gasteiger partial charge on any atom is -0.872 e. The Balaban J connectivity index is 2.22. The summed E-state index contributed by atoms with van der Waals surface area (Å²) >= 11 is 0. The second-order valence-electron chi connectivity index (χ2n) is 6.09. The molecule has 150 valence electrons. The molecule has 0 unspecified atom stereocenters. The standard InChI is InChI=1S/C19H23N3O5S/c1-4-21(5-2)28(26,27)18-9-6-15(7-10-18)14(3)20-13-16-12-17(22(24)25)8-11-19(16)23/h6-14,23H,4-5H2,1-3H3/p-1/t14-/m1/s1. The predicted octanol–water partition coefficient (Wildman–Crippen LogP) is 2.88. The van der Waals surface area contributed by atoms with Crippen molar-refractivity contribution in [1.29, 1.82) is 0 Å². The zero-order valence-corrected chi connectivity index (χ0v) is 16.7. The molecule has 2 aromatic carbocycles. The van der Waals surface area contributed by atoms with Gasteiger partial charge in [-0.2, -0.15) is 4.31 Å². The fourth-order valence-corrected chi connectivity index (χ4v) is 4.12. The van der Waals surface area contributed by atoms with Crippen LogP contribution in [0, 0.1) is 10.1 Å². The summed E-state index contributed by atoms with van der Waals surface area (Å²) in [7, 11) is -3.53. The van der Waals surface area contributed by atoms with E-state index in [-0.39, 0.29) is 27.9 Å². The molecule has 8 nitrogen and oxygen atoms in total. The molecule has 0 spiro atoms. The van der Waals surface area contributed by atoms with Crippen LogP contribution >= 0.6 is 0 Å². The molecule has 9 heteroatoms. The van der Waals surface area contributed by atoms with Gasteiger partial charge in [0.05, 0.1) is 15.9 Å². The number of non-ortho nitro benzene ring substituents is 1. The molecular formula is C19H22N3O5S-. The SMILES string of the molecule is CCN(CC)S(=O)(=O)c1ccc([C@@H](C)N=Cc2cc([N+](=O)[O-])ccc2[O-])cc1. The average molecular weight is 404 g/mol. The van der Waals surface area contributed by atoms with E-state index in [1.807, 2.05) is 0 Å². The highest BCUT2D eigenvalue weighted by atomic mass is 32.2. The summed E-state index contributed by atoms with van der Waals surface area (Å²) in [6.45, 7) is 6.13. The van der Waals surface area contributed by atoms with Crippen molar-refractivity contribution in [1.82, 2.24) is 4.31 Å². The summed E-state index contributed by atoms with van der Waals surface area (Å²) in [6.07, 6.45) is 1.31. The molecule has 0 aromatic heterocycles. The van der Waals surface area contributed by atoms with E-state index in [9.17, 15) is 23.6 Å². The van der Waals surface area contributed by atoms with Crippen LogP contribution in [0.3, 0.4) is 0 Å². The number of rotatable bonds is 8. The molecule has 0 bridgehead atoms. The lowest BCUT2D eigenvalue weighted by atomic mass is 10.1. The van der Waals surface area contributed by atoms with Crippen molar-refractivity contribution in [3.63, 3.8) is 0 Å². The molecule has 0 amide bonds. The molecule has 0 aliphatic rings. The maximum atomic E-state index is 12.5. The summed E-state index contributed by atoms with van der Waals surface area (Å²) in [6, 6.07) is 9.51. The summed E-state index contributed by atoms with van der Waals surface area (Å²) in [5.41, 5.74) is 0.703. The van der Waals surface area contributed by atoms with Gasteiger partial charge >= 0.3 is 0 Å². The first-order chi connectivity index (χ1) is 13.2. The van der Waals surface area contributed by atoms with Crippen LogP contribution in [0.4, 0.5) is 5.69 Å². The van der Waals surface area contributed by atoms with Crippen LogP contribution in [0.5, 0.6) is 5.75 Å². The Morgan fingerprint density at radius 2 is 1.75 bits per heavy atom. The van der Waals surface area contributed by atoms with Crippen LogP contribution in [0.1, 0.15) is 37.9 Å². The molecule has 2 rings (SSSR count). The third kappa shape index (κ3) is 4.73. The molecule has 1 atom stereocenters. The fraction of sp³-hybridized carbons (Fsp3) is 0.316. The van der Waals surface area contributed by atoms with Crippen LogP contribution in [0.15, 0.2) is 52.4 Å². The molecule has 0 aliphatic carbocycles. The Kier molecular flexibility index (Phi) is 6.87. The number of aliphatic imine (C=N–C) groups is 1. The second-order valence-corrected chi connectivity index (χ2v) is 8.03. The van der Waals surface area contributed by atoms with E-state index in [4.69, 9.17) is 0 Å². The number of nitrogens with zero attached hydrogens (tertiary/aromatic N) is 3. The maximum Gasteiger partial charge on any atom is 0.270 e. The molecule has 0 N–H and O–H groups in total. The zero-order chi connectivity index (χ0) is 20.9. The zero-order valence-electron chi connectivity index (χ0n) is 15.9. The van der Waals surface area contributed by atoms with Crippen molar-refractivity contribution < 1.29 is 18.4 Å². The van der Waals surface area contributed by atoms with Crippen molar-refractivity contribution in [2.75, 3.05) is 13.1 Å². The van der Waals surface area contributed by atoms with Crippen molar-refractivity contribution in [3.05, 3.63) is 63.7 Å². The minimum absolute atomic E-state index is 0.127. The highest BCUT2D eigenvalue weighted by molar-refractivity contribution is 7.89. The molecule has 0 heterocycles. The quantitative estimate of drug-likeness (QED) is 0.381. The first-order valence-corrected chi connectivity index (χ1v) is 10.2. The van der Waals surface area contributed by atoms with Gasteiger partial charge in [-0.3, -0.25) is 15.1 Å². The minimum atomic E-state index is -3.53. The van der Waals surface area contributed by atoms with Gasteiger partial charge in [-0.1, -0.05) is 37.8 Å². The molecule has 0 saturated carbocycles. The van der Waals surface area contributed by atoms with Crippen LogP contribution in [0.2, 0.25) is 0 Å². The fourth-order valence-electron chi connectivity index (χ4n) is 2.66. The molecule has 2 aromatic rings. The highest BCUT2D eigenvalue weighted by Crippen LogP contribution is 2.23. The van der Waals surface area contributed by atoms with Gasteiger partial charge in [0.1, 0.15) is 0 Å². The number of benzene rings is 2. The highest BCUT2D eigenvalue weighted by Gasteiger charge is 2.21. The first-order valence-electron chi connectivity index (χ1n) is 8.79. The summed E-state index contributed by atoms with van der Waals surface area (Å²) in [5.74, 6) is -0.359. The van der Waals surface area contributed by atoms with E-state index in [1.165, 1.54) is 28.7 Å². The number of nitro groups is 1. The van der Waals surface area contributed by atoms with E-state index >= 15 is 0 Å². The van der Waals surface area contributed by atoms with Crippen LogP contribution in [-0.4, -0.2) is 37.0 Å². The Labute approximate surface area is 164 Å². The van der Waals surface area contributed by atoms with Crippen molar-refractivity contribution in [2.45, 2.75) is 31.7 Å². The second kappa shape index (κ2) is 8.94. The number of hydrogen-bond acceptors (Lipinski definition) is 6. The van der Waals surface area contributed by atoms with E-state index in [0.717, 1.165) is 17.7 Å². The summed E-state index contributed by atoms with van der Waals surface area (Å²) in [4.78, 5) is 14.7. The lowest BCUT2D eigenvalue weighted by molar-refractivity contribution is -0.385. The van der Waals surface area contributed by atoms with Crippen molar-refractivity contribution in [2.24, 2.45) is 4.99 Å². The number of hydrogen-bond donors (Lipinski definition) is 0. The third-order valence-electron chi connectivity index (χ3n) is 4.35. The maximum absolute atomic E-state index is 12.5. The molecule has 0 fully saturated rings. The molecular weight excluding hydrogens is 382 g/mol. The monoisotopic (exact) mass is 404 g/mol. The van der Waals surface area contributed by atoms with Crippen molar-refractivity contribution in [3.8, 4) is 5.75 Å². The molecule has 0 aliphatic heterocycles. The van der Waals surface area contributed by atoms with E-state index in [0.29, 0.717) is 13.1 Å². The van der Waals surface area contributed by atoms with Gasteiger partial charge in [-0.25, -0.2) is 8.42 Å². The third-order valence-corrected chi connectivity index (χ3v) is 6.41. The lowest BCUT2D eigenvalue weighted by Gasteiger charge is -2.18. The molecule has 0 radical (unpaired) electrons. The van der Waals surface area contributed by atoms with Gasteiger partial charge in [-0.05, 0) is 30.2 Å². The number of sulfonamides is 1. The largest absolute Gasteiger partial charge is 0.872 e. The van der Waals surface area contributed by atoms with Gasteiger partial charge in [0, 0.05) is 31.4 Å². The molecule has 0 saturated heterocycles. The Bertz CT molecular complexity index is 968. The van der Waals surface area contributed by atoms with Crippen molar-refractivity contribution >= 4 is 21.9 Å².